The molecule has 0 saturated heterocycles. The molecular formula is C14H17BrN2O2. The van der Waals surface area contributed by atoms with Gasteiger partial charge in [-0.3, -0.25) is 0 Å². The van der Waals surface area contributed by atoms with Gasteiger partial charge in [0, 0.05) is 12.4 Å². The predicted molar refractivity (Wildman–Crippen MR) is 77.3 cm³/mol. The second-order valence-electron chi connectivity index (χ2n) is 4.44. The van der Waals surface area contributed by atoms with Gasteiger partial charge in [-0.15, -0.1) is 0 Å². The van der Waals surface area contributed by atoms with E-state index < -0.39 is 0 Å². The van der Waals surface area contributed by atoms with Crippen molar-refractivity contribution < 1.29 is 9.53 Å². The Kier molecular flexibility index (Phi) is 4.58. The molecule has 1 atom stereocenters. The van der Waals surface area contributed by atoms with Crippen LogP contribution in [0.2, 0.25) is 0 Å². The van der Waals surface area contributed by atoms with Crippen molar-refractivity contribution in [1.29, 1.82) is 0 Å². The largest absolute Gasteiger partial charge is 0.458 e. The van der Waals surface area contributed by atoms with Gasteiger partial charge in [-0.2, -0.15) is 0 Å². The van der Waals surface area contributed by atoms with Crippen LogP contribution in [0.5, 0.6) is 0 Å². The van der Waals surface area contributed by atoms with Crippen LogP contribution < -0.4 is 0 Å². The topological polar surface area (TPSA) is 43.6 Å². The van der Waals surface area contributed by atoms with Crippen molar-refractivity contribution in [3.05, 3.63) is 34.7 Å². The number of esters is 1. The molecule has 4 nitrogen and oxygen atoms in total. The van der Waals surface area contributed by atoms with Gasteiger partial charge >= 0.3 is 5.97 Å². The van der Waals surface area contributed by atoms with Crippen molar-refractivity contribution in [2.75, 3.05) is 0 Å². The number of carbonyl (C=O) groups excluding carboxylic acids is 1. The molecule has 0 bridgehead atoms. The Labute approximate surface area is 120 Å². The molecule has 2 aromatic rings. The van der Waals surface area contributed by atoms with Crippen LogP contribution in [-0.2, 0) is 4.74 Å². The van der Waals surface area contributed by atoms with Crippen molar-refractivity contribution in [1.82, 2.24) is 9.38 Å². The summed E-state index contributed by atoms with van der Waals surface area (Å²) in [6.45, 7) is 4.10. The molecule has 0 N–H and O–H groups in total. The van der Waals surface area contributed by atoms with E-state index in [1.165, 1.54) is 0 Å². The van der Waals surface area contributed by atoms with Crippen LogP contribution in [0.4, 0.5) is 0 Å². The second kappa shape index (κ2) is 6.19. The minimum atomic E-state index is -0.351. The average molecular weight is 325 g/mol. The molecule has 102 valence electrons. The molecule has 2 rings (SSSR count). The number of halogens is 1. The Morgan fingerprint density at radius 1 is 1.53 bits per heavy atom. The van der Waals surface area contributed by atoms with E-state index in [1.807, 2.05) is 25.3 Å². The molecule has 0 saturated carbocycles. The van der Waals surface area contributed by atoms with Crippen molar-refractivity contribution in [3.63, 3.8) is 0 Å². The quantitative estimate of drug-likeness (QED) is 0.785. The number of carbonyl (C=O) groups is 1. The van der Waals surface area contributed by atoms with Crippen LogP contribution in [-0.4, -0.2) is 21.5 Å². The molecule has 2 heterocycles. The lowest BCUT2D eigenvalue weighted by Gasteiger charge is -2.13. The van der Waals surface area contributed by atoms with Crippen molar-refractivity contribution in [3.8, 4) is 0 Å². The minimum absolute atomic E-state index is 0.0225. The van der Waals surface area contributed by atoms with Crippen LogP contribution in [0.15, 0.2) is 29.0 Å². The van der Waals surface area contributed by atoms with E-state index in [-0.39, 0.29) is 12.1 Å². The third kappa shape index (κ3) is 3.15. The molecule has 0 aliphatic heterocycles. The zero-order chi connectivity index (χ0) is 13.8. The molecule has 5 heteroatoms. The molecule has 0 spiro atoms. The SMILES string of the molecule is CCCC(CC)OC(=O)c1cn2cccc(Br)c2n1. The Hall–Kier alpha value is -1.36. The lowest BCUT2D eigenvalue weighted by Crippen LogP contribution is -2.17. The number of hydrogen-bond acceptors (Lipinski definition) is 3. The Balaban J connectivity index is 2.19. The van der Waals surface area contributed by atoms with E-state index in [2.05, 4.69) is 27.8 Å². The molecule has 2 aromatic heterocycles. The molecule has 0 aliphatic rings. The maximum Gasteiger partial charge on any atom is 0.358 e. The molecule has 0 aliphatic carbocycles. The average Bonchev–Trinajstić information content (AvgIpc) is 2.83. The number of rotatable bonds is 5. The van der Waals surface area contributed by atoms with E-state index >= 15 is 0 Å². The van der Waals surface area contributed by atoms with Gasteiger partial charge in [0.2, 0.25) is 0 Å². The Bertz CT molecular complexity index is 580. The van der Waals surface area contributed by atoms with Gasteiger partial charge in [-0.25, -0.2) is 9.78 Å². The summed E-state index contributed by atoms with van der Waals surface area (Å²) < 4.78 is 8.13. The Morgan fingerprint density at radius 2 is 2.32 bits per heavy atom. The second-order valence-corrected chi connectivity index (χ2v) is 5.29. The first-order valence-electron chi connectivity index (χ1n) is 6.49. The fraction of sp³-hybridized carbons (Fsp3) is 0.429. The number of ether oxygens (including phenoxy) is 1. The molecule has 19 heavy (non-hydrogen) atoms. The standard InChI is InChI=1S/C14H17BrN2O2/c1-3-6-10(4-2)19-14(18)12-9-17-8-5-7-11(15)13(17)16-12/h5,7-10H,3-4,6H2,1-2H3. The third-order valence-corrected chi connectivity index (χ3v) is 3.60. The van der Waals surface area contributed by atoms with Crippen LogP contribution in [0.25, 0.3) is 5.65 Å². The Morgan fingerprint density at radius 3 is 2.95 bits per heavy atom. The van der Waals surface area contributed by atoms with E-state index in [4.69, 9.17) is 4.74 Å². The smallest absolute Gasteiger partial charge is 0.358 e. The van der Waals surface area contributed by atoms with E-state index in [0.717, 1.165) is 29.4 Å². The van der Waals surface area contributed by atoms with Gasteiger partial charge in [-0.05, 0) is 40.9 Å². The van der Waals surface area contributed by atoms with Gasteiger partial charge < -0.3 is 9.14 Å². The summed E-state index contributed by atoms with van der Waals surface area (Å²) in [6.07, 6.45) is 6.25. The third-order valence-electron chi connectivity index (χ3n) is 2.98. The highest BCUT2D eigenvalue weighted by Crippen LogP contribution is 2.18. The number of imidazole rings is 1. The van der Waals surface area contributed by atoms with Gasteiger partial charge in [0.1, 0.15) is 6.10 Å². The van der Waals surface area contributed by atoms with Crippen LogP contribution >= 0.6 is 15.9 Å². The normalized spacial score (nSPS) is 12.6. The van der Waals surface area contributed by atoms with Gasteiger partial charge in [0.25, 0.3) is 0 Å². The first-order valence-corrected chi connectivity index (χ1v) is 7.29. The number of nitrogens with zero attached hydrogens (tertiary/aromatic N) is 2. The van der Waals surface area contributed by atoms with E-state index in [1.54, 1.807) is 10.6 Å². The summed E-state index contributed by atoms with van der Waals surface area (Å²) in [6, 6.07) is 3.78. The summed E-state index contributed by atoms with van der Waals surface area (Å²) in [5.74, 6) is -0.351. The number of aromatic nitrogens is 2. The molecule has 0 aromatic carbocycles. The highest BCUT2D eigenvalue weighted by Gasteiger charge is 2.17. The lowest BCUT2D eigenvalue weighted by atomic mass is 10.1. The molecule has 0 amide bonds. The first-order chi connectivity index (χ1) is 9.15. The summed E-state index contributed by atoms with van der Waals surface area (Å²) in [4.78, 5) is 16.4. The number of fused-ring (bicyclic) bond motifs is 1. The van der Waals surface area contributed by atoms with Crippen molar-refractivity contribution in [2.45, 2.75) is 39.2 Å². The summed E-state index contributed by atoms with van der Waals surface area (Å²) >= 11 is 3.41. The molecule has 1 unspecified atom stereocenters. The molecule has 0 radical (unpaired) electrons. The predicted octanol–water partition coefficient (Wildman–Crippen LogP) is 3.83. The summed E-state index contributed by atoms with van der Waals surface area (Å²) in [7, 11) is 0. The molecular weight excluding hydrogens is 308 g/mol. The van der Waals surface area contributed by atoms with Crippen molar-refractivity contribution >= 4 is 27.5 Å². The molecule has 0 fully saturated rings. The highest BCUT2D eigenvalue weighted by molar-refractivity contribution is 9.10. The fourth-order valence-electron chi connectivity index (χ4n) is 1.96. The number of pyridine rings is 1. The van der Waals surface area contributed by atoms with Crippen molar-refractivity contribution in [2.24, 2.45) is 0 Å². The first kappa shape index (κ1) is 14.1. The zero-order valence-electron chi connectivity index (χ0n) is 11.1. The van der Waals surface area contributed by atoms with E-state index in [9.17, 15) is 4.79 Å². The fourth-order valence-corrected chi connectivity index (χ4v) is 2.40. The summed E-state index contributed by atoms with van der Waals surface area (Å²) in [5, 5.41) is 0. The number of hydrogen-bond donors (Lipinski definition) is 0. The van der Waals surface area contributed by atoms with Crippen LogP contribution in [0.1, 0.15) is 43.6 Å². The highest BCUT2D eigenvalue weighted by atomic mass is 79.9. The minimum Gasteiger partial charge on any atom is -0.458 e. The van der Waals surface area contributed by atoms with E-state index in [0.29, 0.717) is 5.69 Å². The van der Waals surface area contributed by atoms with Crippen LogP contribution in [0.3, 0.4) is 0 Å². The summed E-state index contributed by atoms with van der Waals surface area (Å²) in [5.41, 5.74) is 1.07. The maximum atomic E-state index is 12.1. The van der Waals surface area contributed by atoms with Gasteiger partial charge in [-0.1, -0.05) is 20.3 Å². The lowest BCUT2D eigenvalue weighted by molar-refractivity contribution is 0.0265. The van der Waals surface area contributed by atoms with Gasteiger partial charge in [0.15, 0.2) is 11.3 Å². The van der Waals surface area contributed by atoms with Crippen LogP contribution in [0, 0.1) is 0 Å². The maximum absolute atomic E-state index is 12.1. The monoisotopic (exact) mass is 324 g/mol. The van der Waals surface area contributed by atoms with Gasteiger partial charge in [0.05, 0.1) is 4.47 Å². The zero-order valence-corrected chi connectivity index (χ0v) is 12.7.